The van der Waals surface area contributed by atoms with Gasteiger partial charge in [-0.2, -0.15) is 0 Å². The minimum absolute atomic E-state index is 0.0401. The summed E-state index contributed by atoms with van der Waals surface area (Å²) in [6, 6.07) is 13.0. The zero-order valence-electron chi connectivity index (χ0n) is 13.0. The molecule has 2 unspecified atom stereocenters. The van der Waals surface area contributed by atoms with Crippen LogP contribution >= 0.6 is 0 Å². The maximum absolute atomic E-state index is 11.3. The van der Waals surface area contributed by atoms with Crippen molar-refractivity contribution in [2.75, 3.05) is 5.32 Å². The lowest BCUT2D eigenvalue weighted by atomic mass is 9.81. The van der Waals surface area contributed by atoms with Crippen LogP contribution in [-0.2, 0) is 6.61 Å². The number of nitrogens with zero attached hydrogens (tertiary/aromatic N) is 1. The Labute approximate surface area is 135 Å². The molecule has 2 aromatic carbocycles. The van der Waals surface area contributed by atoms with Gasteiger partial charge >= 0.3 is 0 Å². The Balaban J connectivity index is 1.96. The van der Waals surface area contributed by atoms with Gasteiger partial charge in [0.1, 0.15) is 5.69 Å². The predicted molar refractivity (Wildman–Crippen MR) is 89.5 cm³/mol. The van der Waals surface area contributed by atoms with Crippen molar-refractivity contribution in [3.05, 3.63) is 69.3 Å². The molecule has 1 aliphatic carbocycles. The van der Waals surface area contributed by atoms with E-state index >= 15 is 0 Å². The lowest BCUT2D eigenvalue weighted by molar-refractivity contribution is -0.384. The van der Waals surface area contributed by atoms with Crippen molar-refractivity contribution in [2.24, 2.45) is 0 Å². The average molecular weight is 312 g/mol. The molecule has 0 radical (unpaired) electrons. The van der Waals surface area contributed by atoms with Crippen LogP contribution < -0.4 is 5.32 Å². The number of aliphatic hydroxyl groups excluding tert-OH is 1. The van der Waals surface area contributed by atoms with Gasteiger partial charge in [0.2, 0.25) is 0 Å². The molecule has 0 heterocycles. The molecular formula is C18H20N2O3. The van der Waals surface area contributed by atoms with E-state index in [4.69, 9.17) is 0 Å². The van der Waals surface area contributed by atoms with E-state index in [2.05, 4.69) is 24.4 Å². The van der Waals surface area contributed by atoms with Gasteiger partial charge in [-0.25, -0.2) is 0 Å². The number of hydrogen-bond donors (Lipinski definition) is 2. The smallest absolute Gasteiger partial charge is 0.292 e. The molecule has 120 valence electrons. The topological polar surface area (TPSA) is 75.4 Å². The van der Waals surface area contributed by atoms with E-state index in [0.29, 0.717) is 17.2 Å². The normalized spacial score (nSPS) is 19.9. The van der Waals surface area contributed by atoms with Gasteiger partial charge in [-0.05, 0) is 47.6 Å². The fourth-order valence-corrected chi connectivity index (χ4v) is 3.30. The van der Waals surface area contributed by atoms with Crippen LogP contribution in [0.15, 0.2) is 42.5 Å². The highest BCUT2D eigenvalue weighted by atomic mass is 16.6. The maximum atomic E-state index is 11.3. The summed E-state index contributed by atoms with van der Waals surface area (Å²) in [5, 5.41) is 23.9. The molecule has 0 spiro atoms. The zero-order valence-corrected chi connectivity index (χ0v) is 13.0. The Morgan fingerprint density at radius 2 is 1.96 bits per heavy atom. The molecule has 5 heteroatoms. The number of nitro groups is 1. The molecular weight excluding hydrogens is 292 g/mol. The number of anilines is 1. The van der Waals surface area contributed by atoms with Crippen molar-refractivity contribution in [1.82, 2.24) is 0 Å². The summed E-state index contributed by atoms with van der Waals surface area (Å²) in [6.07, 6.45) is 1.97. The summed E-state index contributed by atoms with van der Waals surface area (Å²) >= 11 is 0. The molecule has 0 saturated heterocycles. The summed E-state index contributed by atoms with van der Waals surface area (Å²) in [5.41, 5.74) is 3.68. The molecule has 1 aliphatic rings. The van der Waals surface area contributed by atoms with Crippen molar-refractivity contribution in [1.29, 1.82) is 0 Å². The summed E-state index contributed by atoms with van der Waals surface area (Å²) < 4.78 is 0. The van der Waals surface area contributed by atoms with E-state index in [9.17, 15) is 15.2 Å². The highest BCUT2D eigenvalue weighted by molar-refractivity contribution is 5.64. The van der Waals surface area contributed by atoms with Crippen molar-refractivity contribution >= 4 is 11.4 Å². The van der Waals surface area contributed by atoms with Crippen molar-refractivity contribution in [2.45, 2.75) is 38.3 Å². The highest BCUT2D eigenvalue weighted by Crippen LogP contribution is 2.40. The SMILES string of the molecule is CC1CCC(Nc2cc(CO)ccc2[N+](=O)[O-])c2ccccc21. The summed E-state index contributed by atoms with van der Waals surface area (Å²) in [4.78, 5) is 10.9. The van der Waals surface area contributed by atoms with E-state index in [-0.39, 0.29) is 23.3 Å². The number of fused-ring (bicyclic) bond motifs is 1. The molecule has 23 heavy (non-hydrogen) atoms. The third-order valence-electron chi connectivity index (χ3n) is 4.56. The highest BCUT2D eigenvalue weighted by Gasteiger charge is 2.26. The van der Waals surface area contributed by atoms with Crippen molar-refractivity contribution in [3.63, 3.8) is 0 Å². The van der Waals surface area contributed by atoms with E-state index in [1.54, 1.807) is 12.1 Å². The van der Waals surface area contributed by atoms with Gasteiger partial charge in [-0.1, -0.05) is 31.2 Å². The first kappa shape index (κ1) is 15.5. The molecule has 0 saturated carbocycles. The lowest BCUT2D eigenvalue weighted by Crippen LogP contribution is -2.19. The van der Waals surface area contributed by atoms with Crippen molar-refractivity contribution < 1.29 is 10.0 Å². The standard InChI is InChI=1S/C18H20N2O3/c1-12-6-8-16(15-5-3-2-4-14(12)15)19-17-10-13(11-21)7-9-18(17)20(22)23/h2-5,7,9-10,12,16,19,21H,6,8,11H2,1H3. The first-order valence-corrected chi connectivity index (χ1v) is 7.83. The predicted octanol–water partition coefficient (Wildman–Crippen LogP) is 4.14. The maximum Gasteiger partial charge on any atom is 0.292 e. The van der Waals surface area contributed by atoms with Crippen LogP contribution in [0.4, 0.5) is 11.4 Å². The van der Waals surface area contributed by atoms with E-state index in [1.165, 1.54) is 17.2 Å². The number of hydrogen-bond acceptors (Lipinski definition) is 4. The fraction of sp³-hybridized carbons (Fsp3) is 0.333. The second-order valence-corrected chi connectivity index (χ2v) is 6.07. The van der Waals surface area contributed by atoms with Gasteiger partial charge in [0, 0.05) is 6.07 Å². The van der Waals surface area contributed by atoms with Gasteiger partial charge in [0.05, 0.1) is 17.6 Å². The first-order valence-electron chi connectivity index (χ1n) is 7.83. The molecule has 5 nitrogen and oxygen atoms in total. The monoisotopic (exact) mass is 312 g/mol. The second-order valence-electron chi connectivity index (χ2n) is 6.07. The second kappa shape index (κ2) is 6.38. The van der Waals surface area contributed by atoms with Crippen LogP contribution in [0.2, 0.25) is 0 Å². The molecule has 3 rings (SSSR count). The van der Waals surface area contributed by atoms with Gasteiger partial charge in [-0.15, -0.1) is 0 Å². The lowest BCUT2D eigenvalue weighted by Gasteiger charge is -2.31. The quantitative estimate of drug-likeness (QED) is 0.657. The number of nitro benzene ring substituents is 1. The molecule has 0 bridgehead atoms. The number of nitrogens with one attached hydrogen (secondary N) is 1. The number of rotatable bonds is 4. The van der Waals surface area contributed by atoms with E-state index in [1.807, 2.05) is 12.1 Å². The number of benzene rings is 2. The number of aliphatic hydroxyl groups is 1. The van der Waals surface area contributed by atoms with Crippen LogP contribution in [0.25, 0.3) is 0 Å². The van der Waals surface area contributed by atoms with Crippen LogP contribution in [0.1, 0.15) is 48.4 Å². The van der Waals surface area contributed by atoms with Crippen LogP contribution in [-0.4, -0.2) is 10.0 Å². The minimum atomic E-state index is -0.388. The Hall–Kier alpha value is -2.40. The zero-order chi connectivity index (χ0) is 16.4. The van der Waals surface area contributed by atoms with Crippen LogP contribution in [0.3, 0.4) is 0 Å². The third kappa shape index (κ3) is 3.05. The largest absolute Gasteiger partial charge is 0.392 e. The Morgan fingerprint density at radius 1 is 1.22 bits per heavy atom. The summed E-state index contributed by atoms with van der Waals surface area (Å²) in [6.45, 7) is 2.08. The summed E-state index contributed by atoms with van der Waals surface area (Å²) in [7, 11) is 0. The third-order valence-corrected chi connectivity index (χ3v) is 4.56. The van der Waals surface area contributed by atoms with Crippen LogP contribution in [0, 0.1) is 10.1 Å². The fourth-order valence-electron chi connectivity index (χ4n) is 3.30. The van der Waals surface area contributed by atoms with E-state index in [0.717, 1.165) is 12.8 Å². The average Bonchev–Trinajstić information content (AvgIpc) is 2.57. The molecule has 0 aliphatic heterocycles. The molecule has 2 atom stereocenters. The van der Waals surface area contributed by atoms with Gasteiger partial charge in [0.15, 0.2) is 0 Å². The molecule has 0 aromatic heterocycles. The molecule has 0 fully saturated rings. The Bertz CT molecular complexity index is 730. The van der Waals surface area contributed by atoms with E-state index < -0.39 is 0 Å². The molecule has 2 N–H and O–H groups in total. The van der Waals surface area contributed by atoms with Gasteiger partial charge in [0.25, 0.3) is 5.69 Å². The first-order chi connectivity index (χ1) is 11.1. The summed E-state index contributed by atoms with van der Waals surface area (Å²) in [5.74, 6) is 0.503. The van der Waals surface area contributed by atoms with Gasteiger partial charge in [-0.3, -0.25) is 10.1 Å². The minimum Gasteiger partial charge on any atom is -0.392 e. The Kier molecular flexibility index (Phi) is 4.30. The van der Waals surface area contributed by atoms with Crippen LogP contribution in [0.5, 0.6) is 0 Å². The molecule has 0 amide bonds. The molecule has 2 aromatic rings. The van der Waals surface area contributed by atoms with Crippen molar-refractivity contribution in [3.8, 4) is 0 Å². The Morgan fingerprint density at radius 3 is 2.65 bits per heavy atom. The van der Waals surface area contributed by atoms with Gasteiger partial charge < -0.3 is 10.4 Å².